The molecule has 0 atom stereocenters. The van der Waals surface area contributed by atoms with Crippen LogP contribution in [0.1, 0.15) is 11.4 Å². The largest absolute Gasteiger partial charge is 0.366 e. The maximum absolute atomic E-state index is 13.9. The molecule has 2 N–H and O–H groups in total. The van der Waals surface area contributed by atoms with E-state index in [9.17, 15) is 4.39 Å². The Labute approximate surface area is 116 Å². The molecule has 0 saturated carbocycles. The van der Waals surface area contributed by atoms with E-state index in [0.717, 1.165) is 5.56 Å². The Morgan fingerprint density at radius 1 is 1.33 bits per heavy atom. The summed E-state index contributed by atoms with van der Waals surface area (Å²) < 4.78 is 15.3. The number of aryl methyl sites for hydroxylation is 1. The van der Waals surface area contributed by atoms with Gasteiger partial charge in [0, 0.05) is 21.1 Å². The summed E-state index contributed by atoms with van der Waals surface area (Å²) in [5, 5.41) is 4.23. The molecule has 2 heterocycles. The second-order valence-corrected chi connectivity index (χ2v) is 3.87. The van der Waals surface area contributed by atoms with E-state index >= 15 is 0 Å². The first-order chi connectivity index (χ1) is 8.06. The van der Waals surface area contributed by atoms with Crippen LogP contribution in [-0.2, 0) is 21.1 Å². The van der Waals surface area contributed by atoms with Crippen molar-refractivity contribution in [3.8, 4) is 0 Å². The zero-order chi connectivity index (χ0) is 12.2. The fourth-order valence-corrected chi connectivity index (χ4v) is 1.89. The summed E-state index contributed by atoms with van der Waals surface area (Å²) in [6.45, 7) is 5.54. The average Bonchev–Trinajstić information content (AvgIpc) is 2.58. The average molecular weight is 414 g/mol. The standard InChI is InChI=1S/C11H9FN5.W/c1-5-3-7(12)9-8(4-5)14-6(2)17-10(9)15-11(13)16-17;/h3-4H,2H2,1H3,(H2,13,16);/q-1;. The molecule has 5 nitrogen and oxygen atoms in total. The number of hydrogen-bond acceptors (Lipinski definition) is 4. The third-order valence-electron chi connectivity index (χ3n) is 2.55. The molecule has 0 aliphatic rings. The van der Waals surface area contributed by atoms with Crippen LogP contribution in [0.3, 0.4) is 0 Å². The molecule has 92 valence electrons. The van der Waals surface area contributed by atoms with E-state index in [1.807, 2.05) is 0 Å². The number of nitrogens with two attached hydrogens (primary N) is 1. The van der Waals surface area contributed by atoms with Gasteiger partial charge in [0.15, 0.2) is 5.65 Å². The molecule has 2 aromatic heterocycles. The Bertz CT molecular complexity index is 752. The smallest absolute Gasteiger partial charge is 0.240 e. The van der Waals surface area contributed by atoms with E-state index < -0.39 is 0 Å². The molecule has 0 saturated heterocycles. The van der Waals surface area contributed by atoms with Crippen LogP contribution in [0.5, 0.6) is 0 Å². The van der Waals surface area contributed by atoms with Gasteiger partial charge in [-0.15, -0.1) is 5.10 Å². The number of fused-ring (bicyclic) bond motifs is 3. The predicted octanol–water partition coefficient (Wildman–Crippen LogP) is 1.49. The minimum Gasteiger partial charge on any atom is -0.366 e. The van der Waals surface area contributed by atoms with Gasteiger partial charge < -0.3 is 12.7 Å². The van der Waals surface area contributed by atoms with Crippen LogP contribution in [0.2, 0.25) is 0 Å². The van der Waals surface area contributed by atoms with Gasteiger partial charge in [0.05, 0.1) is 10.9 Å². The zero-order valence-electron chi connectivity index (χ0n) is 9.51. The topological polar surface area (TPSA) is 69.1 Å². The maximum atomic E-state index is 13.9. The molecule has 0 spiro atoms. The summed E-state index contributed by atoms with van der Waals surface area (Å²) in [6, 6.07) is 3.20. The summed E-state index contributed by atoms with van der Waals surface area (Å²) in [5.74, 6) is 0.0655. The van der Waals surface area contributed by atoms with Gasteiger partial charge >= 0.3 is 0 Å². The molecular weight excluding hydrogens is 405 g/mol. The van der Waals surface area contributed by atoms with Gasteiger partial charge in [0.25, 0.3) is 0 Å². The van der Waals surface area contributed by atoms with Gasteiger partial charge in [-0.2, -0.15) is 4.98 Å². The van der Waals surface area contributed by atoms with Gasteiger partial charge in [-0.25, -0.2) is 8.91 Å². The van der Waals surface area contributed by atoms with Crippen LogP contribution in [0.25, 0.3) is 16.6 Å². The fourth-order valence-electron chi connectivity index (χ4n) is 1.89. The molecule has 0 aliphatic carbocycles. The van der Waals surface area contributed by atoms with Crippen molar-refractivity contribution in [3.63, 3.8) is 0 Å². The maximum Gasteiger partial charge on any atom is 0.240 e. The van der Waals surface area contributed by atoms with E-state index in [1.54, 1.807) is 13.0 Å². The van der Waals surface area contributed by atoms with Crippen LogP contribution in [-0.4, -0.2) is 19.6 Å². The second kappa shape index (κ2) is 4.21. The number of hydrogen-bond donors (Lipinski definition) is 1. The fraction of sp³-hybridized carbons (Fsp3) is 0.0909. The number of halogens is 1. The Balaban J connectivity index is 0.00000120. The third kappa shape index (κ3) is 1.73. The summed E-state index contributed by atoms with van der Waals surface area (Å²) >= 11 is 0. The van der Waals surface area contributed by atoms with Crippen molar-refractivity contribution >= 4 is 22.5 Å². The minimum atomic E-state index is -0.384. The van der Waals surface area contributed by atoms with E-state index in [4.69, 9.17) is 5.73 Å². The number of aromatic nitrogens is 4. The molecule has 7 heteroatoms. The normalized spacial score (nSPS) is 10.8. The summed E-state index contributed by atoms with van der Waals surface area (Å²) in [6.07, 6.45) is 0. The number of nitrogen functional groups attached to an aromatic ring is 1. The molecule has 3 rings (SSSR count). The van der Waals surface area contributed by atoms with E-state index in [1.165, 1.54) is 10.6 Å². The Kier molecular flexibility index (Phi) is 2.98. The molecule has 0 fully saturated rings. The first-order valence-electron chi connectivity index (χ1n) is 5.00. The molecule has 0 bridgehead atoms. The Morgan fingerprint density at radius 2 is 2.06 bits per heavy atom. The first-order valence-corrected chi connectivity index (χ1v) is 5.00. The summed E-state index contributed by atoms with van der Waals surface area (Å²) in [4.78, 5) is 8.19. The van der Waals surface area contributed by atoms with E-state index in [0.29, 0.717) is 22.4 Å². The van der Waals surface area contributed by atoms with Gasteiger partial charge in [-0.05, 0) is 30.4 Å². The van der Waals surface area contributed by atoms with Gasteiger partial charge in [0.2, 0.25) is 5.95 Å². The minimum absolute atomic E-state index is 0. The van der Waals surface area contributed by atoms with E-state index in [2.05, 4.69) is 22.0 Å². The van der Waals surface area contributed by atoms with Crippen molar-refractivity contribution in [3.05, 3.63) is 36.3 Å². The van der Waals surface area contributed by atoms with Crippen molar-refractivity contribution in [2.24, 2.45) is 0 Å². The van der Waals surface area contributed by atoms with E-state index in [-0.39, 0.29) is 32.8 Å². The Hall–Kier alpha value is -1.68. The van der Waals surface area contributed by atoms with Crippen LogP contribution in [0.4, 0.5) is 10.3 Å². The van der Waals surface area contributed by atoms with Crippen molar-refractivity contribution in [1.29, 1.82) is 0 Å². The summed E-state index contributed by atoms with van der Waals surface area (Å²) in [7, 11) is 0. The SMILES string of the molecule is [CH2-]c1nc2cc(C)cc(F)c2c2nc(N)nn12.[W]. The Morgan fingerprint density at radius 3 is 2.78 bits per heavy atom. The number of nitrogens with zero attached hydrogens (tertiary/aromatic N) is 4. The second-order valence-electron chi connectivity index (χ2n) is 3.87. The van der Waals surface area contributed by atoms with Crippen molar-refractivity contribution < 1.29 is 25.5 Å². The molecule has 0 amide bonds. The monoisotopic (exact) mass is 414 g/mol. The number of anilines is 1. The van der Waals surface area contributed by atoms with Crippen LogP contribution in [0.15, 0.2) is 12.1 Å². The van der Waals surface area contributed by atoms with Crippen LogP contribution >= 0.6 is 0 Å². The molecule has 0 aliphatic heterocycles. The molecule has 3 aromatic rings. The van der Waals surface area contributed by atoms with Crippen LogP contribution < -0.4 is 5.73 Å². The van der Waals surface area contributed by atoms with Crippen molar-refractivity contribution in [2.45, 2.75) is 6.92 Å². The molecule has 1 aromatic carbocycles. The summed E-state index contributed by atoms with van der Waals surface area (Å²) in [5.41, 5.74) is 7.15. The number of rotatable bonds is 0. The predicted molar refractivity (Wildman–Crippen MR) is 61.9 cm³/mol. The van der Waals surface area contributed by atoms with Crippen molar-refractivity contribution in [2.75, 3.05) is 5.73 Å². The van der Waals surface area contributed by atoms with Gasteiger partial charge in [-0.1, -0.05) is 0 Å². The molecule has 0 radical (unpaired) electrons. The number of benzene rings is 1. The quantitative estimate of drug-likeness (QED) is 0.567. The van der Waals surface area contributed by atoms with Crippen LogP contribution in [0, 0.1) is 19.7 Å². The van der Waals surface area contributed by atoms with Gasteiger partial charge in [-0.3, -0.25) is 4.98 Å². The molecular formula is C11H9FN5W-. The molecule has 0 unspecified atom stereocenters. The first kappa shape index (κ1) is 12.8. The molecule has 18 heavy (non-hydrogen) atoms. The zero-order valence-corrected chi connectivity index (χ0v) is 12.4. The van der Waals surface area contributed by atoms with Gasteiger partial charge in [0.1, 0.15) is 5.82 Å². The van der Waals surface area contributed by atoms with Crippen molar-refractivity contribution in [1.82, 2.24) is 19.6 Å². The third-order valence-corrected chi connectivity index (χ3v) is 2.55.